The Labute approximate surface area is 240 Å². The minimum absolute atomic E-state index is 0.189. The lowest BCUT2D eigenvalue weighted by Crippen LogP contribution is -2.51. The van der Waals surface area contributed by atoms with Crippen molar-refractivity contribution in [3.8, 4) is 11.4 Å². The summed E-state index contributed by atoms with van der Waals surface area (Å²) in [5.74, 6) is -2.21. The zero-order chi connectivity index (χ0) is 31.5. The molecule has 3 aromatic rings. The van der Waals surface area contributed by atoms with Crippen molar-refractivity contribution in [2.45, 2.75) is 57.3 Å². The zero-order valence-electron chi connectivity index (χ0n) is 22.2. The average Bonchev–Trinajstić information content (AvgIpc) is 3.20. The number of aliphatic hydroxyl groups excluding tert-OH is 1. The summed E-state index contributed by atoms with van der Waals surface area (Å²) in [7, 11) is 0. The monoisotopic (exact) mass is 621 g/mol. The Morgan fingerprint density at radius 2 is 1.69 bits per heavy atom. The van der Waals surface area contributed by atoms with Gasteiger partial charge in [-0.2, -0.15) is 26.3 Å². The van der Waals surface area contributed by atoms with E-state index in [1.165, 1.54) is 44.2 Å². The molecule has 0 aliphatic rings. The average molecular weight is 622 g/mol. The van der Waals surface area contributed by atoms with Gasteiger partial charge in [-0.05, 0) is 55.8 Å². The van der Waals surface area contributed by atoms with Gasteiger partial charge in [-0.15, -0.1) is 5.10 Å². The molecule has 42 heavy (non-hydrogen) atoms. The molecule has 0 aliphatic heterocycles. The van der Waals surface area contributed by atoms with Crippen molar-refractivity contribution in [2.75, 3.05) is 6.61 Å². The van der Waals surface area contributed by atoms with Crippen LogP contribution in [0.25, 0.3) is 11.4 Å². The standard InChI is InChI=1S/C26H26ClF6N5O4/c1-24(2,14-39)35-22(41)20(16-4-3-5-17(12-16)26(31,32)33)34-19(40)13-38-23(42)37(11-10-25(28,29)30)21(36-38)15-6-8-18(27)9-7-15/h3-9,12,20,39H,10-11,13-14H2,1-2H3,(H,34,40)(H,35,41). The number of nitrogens with one attached hydrogen (secondary N) is 2. The summed E-state index contributed by atoms with van der Waals surface area (Å²) in [4.78, 5) is 39.1. The molecule has 1 heterocycles. The van der Waals surface area contributed by atoms with Crippen LogP contribution in [0.2, 0.25) is 5.02 Å². The number of carbonyl (C=O) groups is 2. The number of benzene rings is 2. The molecule has 16 heteroatoms. The molecule has 0 aliphatic carbocycles. The molecule has 228 valence electrons. The van der Waals surface area contributed by atoms with Crippen LogP contribution in [0.4, 0.5) is 26.3 Å². The summed E-state index contributed by atoms with van der Waals surface area (Å²) in [5, 5.41) is 18.5. The van der Waals surface area contributed by atoms with E-state index in [1.54, 1.807) is 0 Å². The Hall–Kier alpha value is -3.85. The summed E-state index contributed by atoms with van der Waals surface area (Å²) in [6, 6.07) is 7.60. The number of nitrogens with zero attached hydrogens (tertiary/aromatic N) is 3. The number of hydrogen-bond acceptors (Lipinski definition) is 5. The quantitative estimate of drug-likeness (QED) is 0.295. The van der Waals surface area contributed by atoms with Crippen LogP contribution in [0, 0.1) is 0 Å². The van der Waals surface area contributed by atoms with Crippen LogP contribution in [0.5, 0.6) is 0 Å². The van der Waals surface area contributed by atoms with Crippen molar-refractivity contribution < 1.29 is 41.0 Å². The molecular weight excluding hydrogens is 596 g/mol. The third-order valence-corrected chi connectivity index (χ3v) is 6.16. The highest BCUT2D eigenvalue weighted by Gasteiger charge is 2.34. The van der Waals surface area contributed by atoms with E-state index in [1.807, 2.05) is 0 Å². The van der Waals surface area contributed by atoms with Crippen molar-refractivity contribution in [3.63, 3.8) is 0 Å². The first-order valence-electron chi connectivity index (χ1n) is 12.3. The van der Waals surface area contributed by atoms with Gasteiger partial charge in [-0.3, -0.25) is 14.2 Å². The van der Waals surface area contributed by atoms with Crippen LogP contribution >= 0.6 is 11.6 Å². The first-order valence-corrected chi connectivity index (χ1v) is 12.7. The minimum atomic E-state index is -4.76. The Bertz CT molecular complexity index is 1480. The summed E-state index contributed by atoms with van der Waals surface area (Å²) in [5.41, 5.74) is -3.41. The van der Waals surface area contributed by atoms with Crippen LogP contribution in [0.1, 0.15) is 37.4 Å². The van der Waals surface area contributed by atoms with E-state index in [0.717, 1.165) is 16.7 Å². The molecule has 0 saturated heterocycles. The highest BCUT2D eigenvalue weighted by Crippen LogP contribution is 2.31. The molecule has 0 saturated carbocycles. The van der Waals surface area contributed by atoms with Crippen molar-refractivity contribution in [1.29, 1.82) is 0 Å². The molecule has 2 amide bonds. The van der Waals surface area contributed by atoms with Gasteiger partial charge in [0, 0.05) is 17.1 Å². The SMILES string of the molecule is CC(C)(CO)NC(=O)C(NC(=O)Cn1nc(-c2ccc(Cl)cc2)n(CCC(F)(F)F)c1=O)c1cccc(C(F)(F)F)c1. The van der Waals surface area contributed by atoms with Gasteiger partial charge in [0.1, 0.15) is 12.6 Å². The smallest absolute Gasteiger partial charge is 0.394 e. The highest BCUT2D eigenvalue weighted by molar-refractivity contribution is 6.30. The number of aliphatic hydroxyl groups is 1. The van der Waals surface area contributed by atoms with Gasteiger partial charge >= 0.3 is 18.0 Å². The number of amides is 2. The minimum Gasteiger partial charge on any atom is -0.394 e. The van der Waals surface area contributed by atoms with Crippen molar-refractivity contribution >= 4 is 23.4 Å². The fourth-order valence-corrected chi connectivity index (χ4v) is 3.91. The maximum absolute atomic E-state index is 13.3. The van der Waals surface area contributed by atoms with Crippen LogP contribution < -0.4 is 16.3 Å². The molecule has 1 aromatic heterocycles. The second-order valence-electron chi connectivity index (χ2n) is 9.94. The van der Waals surface area contributed by atoms with Gasteiger partial charge in [-0.25, -0.2) is 9.48 Å². The van der Waals surface area contributed by atoms with Crippen molar-refractivity contribution in [3.05, 3.63) is 75.2 Å². The number of halogens is 7. The van der Waals surface area contributed by atoms with E-state index in [9.17, 15) is 45.8 Å². The van der Waals surface area contributed by atoms with E-state index in [2.05, 4.69) is 15.7 Å². The number of aromatic nitrogens is 3. The van der Waals surface area contributed by atoms with E-state index in [4.69, 9.17) is 11.6 Å². The summed E-state index contributed by atoms with van der Waals surface area (Å²) < 4.78 is 80.2. The predicted molar refractivity (Wildman–Crippen MR) is 139 cm³/mol. The summed E-state index contributed by atoms with van der Waals surface area (Å²) in [6.45, 7) is 0.626. The van der Waals surface area contributed by atoms with E-state index in [0.29, 0.717) is 15.8 Å². The second-order valence-corrected chi connectivity index (χ2v) is 10.4. The molecule has 0 fully saturated rings. The Morgan fingerprint density at radius 1 is 1.05 bits per heavy atom. The Morgan fingerprint density at radius 3 is 2.26 bits per heavy atom. The second kappa shape index (κ2) is 12.6. The molecular formula is C26H26ClF6N5O4. The largest absolute Gasteiger partial charge is 0.416 e. The molecule has 0 radical (unpaired) electrons. The molecule has 0 bridgehead atoms. The normalized spacial score (nSPS) is 13.1. The topological polar surface area (TPSA) is 118 Å². The Kier molecular flexibility index (Phi) is 9.77. The third kappa shape index (κ3) is 8.58. The van der Waals surface area contributed by atoms with Crippen LogP contribution in [0.3, 0.4) is 0 Å². The molecule has 3 rings (SSSR count). The van der Waals surface area contributed by atoms with Gasteiger partial charge in [0.15, 0.2) is 5.82 Å². The maximum Gasteiger partial charge on any atom is 0.416 e. The van der Waals surface area contributed by atoms with E-state index < -0.39 is 73.1 Å². The highest BCUT2D eigenvalue weighted by atomic mass is 35.5. The molecule has 0 spiro atoms. The molecule has 2 aromatic carbocycles. The lowest BCUT2D eigenvalue weighted by molar-refractivity contribution is -0.138. The van der Waals surface area contributed by atoms with Gasteiger partial charge in [0.2, 0.25) is 11.8 Å². The molecule has 1 atom stereocenters. The van der Waals surface area contributed by atoms with Gasteiger partial charge in [0.25, 0.3) is 0 Å². The van der Waals surface area contributed by atoms with Crippen molar-refractivity contribution in [2.24, 2.45) is 0 Å². The molecule has 3 N–H and O–H groups in total. The fourth-order valence-electron chi connectivity index (χ4n) is 3.78. The van der Waals surface area contributed by atoms with E-state index >= 15 is 0 Å². The lowest BCUT2D eigenvalue weighted by Gasteiger charge is -2.27. The van der Waals surface area contributed by atoms with Gasteiger partial charge in [0.05, 0.1) is 24.1 Å². The lowest BCUT2D eigenvalue weighted by atomic mass is 10.0. The predicted octanol–water partition coefficient (Wildman–Crippen LogP) is 4.08. The van der Waals surface area contributed by atoms with Gasteiger partial charge in [-0.1, -0.05) is 23.7 Å². The van der Waals surface area contributed by atoms with Crippen LogP contribution in [-0.2, 0) is 28.9 Å². The summed E-state index contributed by atoms with van der Waals surface area (Å²) >= 11 is 5.87. The first-order chi connectivity index (χ1) is 19.4. The fraction of sp³-hybridized carbons (Fsp3) is 0.385. The number of rotatable bonds is 10. The van der Waals surface area contributed by atoms with Crippen LogP contribution in [0.15, 0.2) is 53.3 Å². The number of carbonyl (C=O) groups excluding carboxylic acids is 2. The van der Waals surface area contributed by atoms with Crippen LogP contribution in [-0.4, -0.2) is 49.6 Å². The van der Waals surface area contributed by atoms with Crippen molar-refractivity contribution in [1.82, 2.24) is 25.0 Å². The number of hydrogen-bond donors (Lipinski definition) is 3. The third-order valence-electron chi connectivity index (χ3n) is 5.91. The zero-order valence-corrected chi connectivity index (χ0v) is 22.9. The first kappa shape index (κ1) is 32.7. The number of alkyl halides is 6. The molecule has 9 nitrogen and oxygen atoms in total. The Balaban J connectivity index is 1.96. The van der Waals surface area contributed by atoms with E-state index in [-0.39, 0.29) is 17.0 Å². The molecule has 1 unspecified atom stereocenters. The summed E-state index contributed by atoms with van der Waals surface area (Å²) in [6.07, 6.45) is -10.7. The maximum atomic E-state index is 13.3. The van der Waals surface area contributed by atoms with Gasteiger partial charge < -0.3 is 15.7 Å².